The van der Waals surface area contributed by atoms with E-state index in [2.05, 4.69) is 54.3 Å². The topological polar surface area (TPSA) is 60.0 Å². The van der Waals surface area contributed by atoms with E-state index in [4.69, 9.17) is 0 Å². The quantitative estimate of drug-likeness (QED) is 0.803. The fourth-order valence-corrected chi connectivity index (χ4v) is 2.12. The molecule has 3 heterocycles. The molecular formula is C15H20N6. The van der Waals surface area contributed by atoms with Gasteiger partial charge in [-0.3, -0.25) is 4.68 Å². The molecule has 0 fully saturated rings. The molecular weight excluding hydrogens is 264 g/mol. The molecule has 0 amide bonds. The maximum Gasteiger partial charge on any atom is 0.156 e. The van der Waals surface area contributed by atoms with Crippen LogP contribution in [0.4, 0.5) is 11.5 Å². The summed E-state index contributed by atoms with van der Waals surface area (Å²) >= 11 is 0. The van der Waals surface area contributed by atoms with Crippen molar-refractivity contribution in [1.82, 2.24) is 24.4 Å². The molecule has 0 aliphatic heterocycles. The summed E-state index contributed by atoms with van der Waals surface area (Å²) in [5.41, 5.74) is 2.95. The van der Waals surface area contributed by atoms with Crippen molar-refractivity contribution in [1.29, 1.82) is 0 Å². The average molecular weight is 284 g/mol. The fraction of sp³-hybridized carbons (Fsp3) is 0.400. The van der Waals surface area contributed by atoms with Crippen LogP contribution >= 0.6 is 0 Å². The number of hydrogen-bond donors (Lipinski definition) is 1. The van der Waals surface area contributed by atoms with Gasteiger partial charge in [-0.05, 0) is 13.0 Å². The first-order valence-electron chi connectivity index (χ1n) is 7.11. The number of rotatable bonds is 3. The van der Waals surface area contributed by atoms with Crippen LogP contribution in [0.2, 0.25) is 0 Å². The van der Waals surface area contributed by atoms with Crippen molar-refractivity contribution in [2.75, 3.05) is 5.32 Å². The summed E-state index contributed by atoms with van der Waals surface area (Å²) in [5.74, 6) is 0.788. The molecule has 3 rings (SSSR count). The Morgan fingerprint density at radius 2 is 2.10 bits per heavy atom. The molecule has 0 bridgehead atoms. The lowest BCUT2D eigenvalue weighted by molar-refractivity contribution is 0.562. The van der Waals surface area contributed by atoms with Gasteiger partial charge >= 0.3 is 0 Å². The van der Waals surface area contributed by atoms with Crippen LogP contribution in [-0.4, -0.2) is 24.4 Å². The minimum atomic E-state index is 0.0103. The number of fused-ring (bicyclic) bond motifs is 1. The number of nitrogens with one attached hydrogen (secondary N) is 1. The Labute approximate surface area is 123 Å². The Morgan fingerprint density at radius 1 is 1.29 bits per heavy atom. The highest BCUT2D eigenvalue weighted by Gasteiger charge is 2.19. The van der Waals surface area contributed by atoms with Gasteiger partial charge in [-0.1, -0.05) is 20.8 Å². The summed E-state index contributed by atoms with van der Waals surface area (Å²) in [7, 11) is 0. The Kier molecular flexibility index (Phi) is 3.16. The van der Waals surface area contributed by atoms with Gasteiger partial charge in [0, 0.05) is 30.6 Å². The molecule has 0 radical (unpaired) electrons. The van der Waals surface area contributed by atoms with E-state index in [1.54, 1.807) is 12.4 Å². The molecule has 3 aromatic heterocycles. The first-order chi connectivity index (χ1) is 9.97. The summed E-state index contributed by atoms with van der Waals surface area (Å²) < 4.78 is 3.74. The van der Waals surface area contributed by atoms with E-state index in [9.17, 15) is 0 Å². The molecule has 0 aliphatic carbocycles. The first kappa shape index (κ1) is 13.6. The third-order valence-corrected chi connectivity index (χ3v) is 3.38. The summed E-state index contributed by atoms with van der Waals surface area (Å²) in [4.78, 5) is 4.42. The zero-order valence-corrected chi connectivity index (χ0v) is 12.8. The van der Waals surface area contributed by atoms with E-state index in [0.29, 0.717) is 0 Å². The summed E-state index contributed by atoms with van der Waals surface area (Å²) in [6, 6.07) is 2.08. The smallest absolute Gasteiger partial charge is 0.156 e. The molecule has 0 saturated heterocycles. The lowest BCUT2D eigenvalue weighted by Crippen LogP contribution is -2.11. The second-order valence-electron chi connectivity index (χ2n) is 6.09. The van der Waals surface area contributed by atoms with E-state index in [1.165, 1.54) is 0 Å². The van der Waals surface area contributed by atoms with Gasteiger partial charge in [0.25, 0.3) is 0 Å². The lowest BCUT2D eigenvalue weighted by atomic mass is 9.92. The number of aromatic nitrogens is 5. The van der Waals surface area contributed by atoms with Crippen LogP contribution in [0.1, 0.15) is 33.4 Å². The Hall–Kier alpha value is -2.37. The minimum Gasteiger partial charge on any atom is -0.336 e. The number of anilines is 2. The molecule has 21 heavy (non-hydrogen) atoms. The Balaban J connectivity index is 2.00. The third kappa shape index (κ3) is 2.61. The predicted molar refractivity (Wildman–Crippen MR) is 82.9 cm³/mol. The largest absolute Gasteiger partial charge is 0.336 e. The van der Waals surface area contributed by atoms with Crippen LogP contribution in [0.25, 0.3) is 5.52 Å². The van der Waals surface area contributed by atoms with Gasteiger partial charge in [0.1, 0.15) is 5.52 Å². The van der Waals surface area contributed by atoms with Crippen molar-refractivity contribution < 1.29 is 0 Å². The van der Waals surface area contributed by atoms with Crippen molar-refractivity contribution in [3.8, 4) is 0 Å². The van der Waals surface area contributed by atoms with Crippen molar-refractivity contribution in [3.05, 3.63) is 36.5 Å². The number of aryl methyl sites for hydroxylation is 1. The van der Waals surface area contributed by atoms with Gasteiger partial charge < -0.3 is 5.32 Å². The van der Waals surface area contributed by atoms with Crippen LogP contribution in [-0.2, 0) is 12.0 Å². The highest BCUT2D eigenvalue weighted by atomic mass is 15.3. The van der Waals surface area contributed by atoms with Crippen LogP contribution < -0.4 is 5.32 Å². The zero-order chi connectivity index (χ0) is 15.0. The van der Waals surface area contributed by atoms with Crippen molar-refractivity contribution >= 4 is 17.0 Å². The van der Waals surface area contributed by atoms with Gasteiger partial charge in [0.05, 0.1) is 17.6 Å². The molecule has 1 N–H and O–H groups in total. The van der Waals surface area contributed by atoms with E-state index in [-0.39, 0.29) is 5.41 Å². The van der Waals surface area contributed by atoms with Crippen molar-refractivity contribution in [2.45, 2.75) is 39.7 Å². The van der Waals surface area contributed by atoms with Gasteiger partial charge in [0.15, 0.2) is 5.82 Å². The Morgan fingerprint density at radius 3 is 2.76 bits per heavy atom. The van der Waals surface area contributed by atoms with Gasteiger partial charge in [-0.25, -0.2) is 9.50 Å². The molecule has 6 nitrogen and oxygen atoms in total. The highest BCUT2D eigenvalue weighted by molar-refractivity contribution is 5.73. The molecule has 3 aromatic rings. The summed E-state index contributed by atoms with van der Waals surface area (Å²) in [6.45, 7) is 9.37. The number of hydrogen-bond acceptors (Lipinski definition) is 4. The maximum absolute atomic E-state index is 4.62. The summed E-state index contributed by atoms with van der Waals surface area (Å²) in [5, 5.41) is 12.2. The lowest BCUT2D eigenvalue weighted by Gasteiger charge is -2.13. The molecule has 0 spiro atoms. The minimum absolute atomic E-state index is 0.0103. The van der Waals surface area contributed by atoms with Crippen LogP contribution in [0.15, 0.2) is 30.9 Å². The first-order valence-corrected chi connectivity index (χ1v) is 7.11. The molecule has 6 heteroatoms. The standard InChI is InChI=1S/C15H20N6/c1-5-20-10-11(9-17-20)18-14-12-8-13(15(2,3)4)19-21(12)7-6-16-14/h6-10H,5H2,1-4H3,(H,16,18). The van der Waals surface area contributed by atoms with Crippen molar-refractivity contribution in [3.63, 3.8) is 0 Å². The highest BCUT2D eigenvalue weighted by Crippen LogP contribution is 2.25. The Bertz CT molecular complexity index is 762. The van der Waals surface area contributed by atoms with Crippen LogP contribution in [0.3, 0.4) is 0 Å². The second-order valence-corrected chi connectivity index (χ2v) is 6.09. The van der Waals surface area contributed by atoms with E-state index in [1.807, 2.05) is 21.6 Å². The van der Waals surface area contributed by atoms with E-state index < -0.39 is 0 Å². The van der Waals surface area contributed by atoms with Crippen molar-refractivity contribution in [2.24, 2.45) is 0 Å². The van der Waals surface area contributed by atoms with Crippen LogP contribution in [0.5, 0.6) is 0 Å². The molecule has 0 aliphatic rings. The number of nitrogens with zero attached hydrogens (tertiary/aromatic N) is 5. The van der Waals surface area contributed by atoms with Gasteiger partial charge in [-0.15, -0.1) is 0 Å². The van der Waals surface area contributed by atoms with E-state index >= 15 is 0 Å². The normalized spacial score (nSPS) is 12.0. The van der Waals surface area contributed by atoms with Crippen LogP contribution in [0, 0.1) is 0 Å². The molecule has 0 aromatic carbocycles. The maximum atomic E-state index is 4.62. The fourth-order valence-electron chi connectivity index (χ4n) is 2.12. The molecule has 0 saturated carbocycles. The third-order valence-electron chi connectivity index (χ3n) is 3.38. The average Bonchev–Trinajstić information content (AvgIpc) is 3.04. The summed E-state index contributed by atoms with van der Waals surface area (Å²) in [6.07, 6.45) is 7.38. The molecule has 110 valence electrons. The SMILES string of the molecule is CCn1cc(Nc2nccn3nc(C(C)(C)C)cc23)cn1. The van der Waals surface area contributed by atoms with E-state index in [0.717, 1.165) is 29.3 Å². The molecule has 0 unspecified atom stereocenters. The van der Waals surface area contributed by atoms with Gasteiger partial charge in [-0.2, -0.15) is 10.2 Å². The molecule has 0 atom stereocenters. The zero-order valence-electron chi connectivity index (χ0n) is 12.8. The monoisotopic (exact) mass is 284 g/mol. The second kappa shape index (κ2) is 4.87. The van der Waals surface area contributed by atoms with Gasteiger partial charge in [0.2, 0.25) is 0 Å². The predicted octanol–water partition coefficient (Wildman–Crippen LogP) is 2.99.